The lowest BCUT2D eigenvalue weighted by molar-refractivity contribution is -0.392. The molecule has 0 bridgehead atoms. The first-order chi connectivity index (χ1) is 34.1. The third-order valence-electron chi connectivity index (χ3n) is 11.4. The normalized spacial score (nSPS) is 13.0. The van der Waals surface area contributed by atoms with E-state index < -0.39 is 33.1 Å². The molecule has 368 valence electrons. The van der Waals surface area contributed by atoms with Crippen molar-refractivity contribution in [2.75, 3.05) is 0 Å². The molecule has 1 N–H and O–H groups in total. The van der Waals surface area contributed by atoms with Crippen molar-refractivity contribution < 1.29 is 32.9 Å². The van der Waals surface area contributed by atoms with Gasteiger partial charge >= 0.3 is 11.6 Å². The van der Waals surface area contributed by atoms with Gasteiger partial charge in [0.05, 0.1) is 39.3 Å². The molecule has 6 aromatic heterocycles. The number of aryl methyl sites for hydroxylation is 2. The molecule has 18 nitrogen and oxygen atoms in total. The van der Waals surface area contributed by atoms with Crippen LogP contribution in [-0.4, -0.2) is 64.0 Å². The number of nitro groups is 2. The number of hydrogen-bond acceptors (Lipinski definition) is 12. The number of benzene rings is 2. The predicted molar refractivity (Wildman–Crippen MR) is 260 cm³/mol. The molecule has 2 aliphatic rings. The topological polar surface area (TPSA) is 213 Å². The average molecular weight is 1100 g/mol. The van der Waals surface area contributed by atoms with E-state index in [0.717, 1.165) is 64.5 Å². The molecular formula is C48H45Br2F3N12O6. The maximum atomic E-state index is 14.2. The molecule has 23 heteroatoms. The highest BCUT2D eigenvalue weighted by molar-refractivity contribution is 9.10. The summed E-state index contributed by atoms with van der Waals surface area (Å²) in [5, 5.41) is 49.0. The lowest BCUT2D eigenvalue weighted by atomic mass is 9.99. The number of aromatic nitrogens is 10. The van der Waals surface area contributed by atoms with E-state index in [9.17, 15) is 38.5 Å². The second-order valence-electron chi connectivity index (χ2n) is 17.2. The van der Waals surface area contributed by atoms with Gasteiger partial charge in [0, 0.05) is 105 Å². The molecule has 0 radical (unpaired) electrons. The van der Waals surface area contributed by atoms with Crippen LogP contribution in [-0.2, 0) is 53.2 Å². The van der Waals surface area contributed by atoms with E-state index in [1.165, 1.54) is 68.4 Å². The lowest BCUT2D eigenvalue weighted by Crippen LogP contribution is -2.03. The van der Waals surface area contributed by atoms with Crippen LogP contribution in [0.5, 0.6) is 5.75 Å². The molecule has 0 spiro atoms. The number of hydrogen-bond donors (Lipinski definition) is 1. The Morgan fingerprint density at radius 2 is 1.14 bits per heavy atom. The van der Waals surface area contributed by atoms with Gasteiger partial charge in [0.2, 0.25) is 11.6 Å². The average Bonchev–Trinajstić information content (AvgIpc) is 4.14. The molecule has 8 aromatic rings. The van der Waals surface area contributed by atoms with E-state index in [1.54, 1.807) is 21.5 Å². The zero-order chi connectivity index (χ0) is 50.3. The van der Waals surface area contributed by atoms with Gasteiger partial charge in [-0.1, -0.05) is 0 Å². The van der Waals surface area contributed by atoms with Crippen LogP contribution >= 0.6 is 31.9 Å². The summed E-state index contributed by atoms with van der Waals surface area (Å²) in [6.45, 7) is 1.62. The van der Waals surface area contributed by atoms with Crippen molar-refractivity contribution in [3.05, 3.63) is 178 Å². The quantitative estimate of drug-likeness (QED) is 0.0707. The molecule has 0 amide bonds. The number of nitrogens with zero attached hydrogens (tertiary/aromatic N) is 12. The van der Waals surface area contributed by atoms with Crippen molar-refractivity contribution >= 4 is 43.5 Å². The Hall–Kier alpha value is -7.11. The molecule has 0 saturated heterocycles. The largest absolute Gasteiger partial charge is 0.481 e. The molecule has 2 aliphatic carbocycles. The molecule has 10 rings (SSSR count). The van der Waals surface area contributed by atoms with Crippen LogP contribution in [0.25, 0.3) is 22.5 Å². The van der Waals surface area contributed by atoms with Gasteiger partial charge in [-0.3, -0.25) is 18.7 Å². The van der Waals surface area contributed by atoms with Crippen LogP contribution in [0.15, 0.2) is 107 Å². The molecule has 0 unspecified atom stereocenters. The summed E-state index contributed by atoms with van der Waals surface area (Å²) in [6, 6.07) is 11.3. The molecule has 0 atom stereocenters. The number of halogens is 5. The number of rotatable bonds is 16. The Bertz CT molecular complexity index is 3210. The molecule has 71 heavy (non-hydrogen) atoms. The number of aliphatic hydroxyl groups excluding tert-OH is 1. The van der Waals surface area contributed by atoms with Gasteiger partial charge < -0.3 is 30.1 Å². The summed E-state index contributed by atoms with van der Waals surface area (Å²) >= 11 is 6.17. The monoisotopic (exact) mass is 1100 g/mol. The predicted octanol–water partition coefficient (Wildman–Crippen LogP) is 9.88. The Kier molecular flexibility index (Phi) is 15.8. The van der Waals surface area contributed by atoms with Crippen molar-refractivity contribution in [2.45, 2.75) is 64.8 Å². The molecule has 2 saturated carbocycles. The zero-order valence-electron chi connectivity index (χ0n) is 38.2. The second kappa shape index (κ2) is 22.3. The van der Waals surface area contributed by atoms with Crippen LogP contribution in [0.3, 0.4) is 0 Å². The minimum absolute atomic E-state index is 0.0103. The third-order valence-corrected chi connectivity index (χ3v) is 12.3. The summed E-state index contributed by atoms with van der Waals surface area (Å²) in [4.78, 5) is 26.9. The third kappa shape index (κ3) is 13.4. The molecule has 6 heterocycles. The lowest BCUT2D eigenvalue weighted by Gasteiger charge is -2.11. The summed E-state index contributed by atoms with van der Waals surface area (Å²) in [7, 11) is 3.70. The van der Waals surface area contributed by atoms with Crippen LogP contribution in [0.4, 0.5) is 24.8 Å². The highest BCUT2D eigenvalue weighted by Crippen LogP contribution is 2.34. The summed E-state index contributed by atoms with van der Waals surface area (Å²) in [6.07, 6.45) is 20.8. The maximum Gasteiger partial charge on any atom is 0.406 e. The fourth-order valence-electron chi connectivity index (χ4n) is 7.74. The van der Waals surface area contributed by atoms with Crippen molar-refractivity contribution in [1.29, 1.82) is 0 Å². The van der Waals surface area contributed by atoms with Crippen molar-refractivity contribution in [2.24, 2.45) is 25.9 Å². The summed E-state index contributed by atoms with van der Waals surface area (Å²) in [5.74, 6) is -1.39. The Morgan fingerprint density at radius 3 is 1.62 bits per heavy atom. The number of pyridine rings is 2. The minimum Gasteiger partial charge on any atom is -0.481 e. The first-order valence-corrected chi connectivity index (χ1v) is 23.8. The smallest absolute Gasteiger partial charge is 0.406 e. The van der Waals surface area contributed by atoms with Crippen molar-refractivity contribution in [3.63, 3.8) is 0 Å². The summed E-state index contributed by atoms with van der Waals surface area (Å²) in [5.41, 5.74) is 8.19. The summed E-state index contributed by atoms with van der Waals surface area (Å²) < 4.78 is 54.4. The number of aliphatic hydroxyl groups is 1. The van der Waals surface area contributed by atoms with Crippen LogP contribution < -0.4 is 4.74 Å². The van der Waals surface area contributed by atoms with E-state index in [2.05, 4.69) is 74.6 Å². The van der Waals surface area contributed by atoms with Gasteiger partial charge in [-0.05, 0) is 142 Å². The molecule has 2 aromatic carbocycles. The van der Waals surface area contributed by atoms with Crippen LogP contribution in [0, 0.1) is 49.5 Å². The van der Waals surface area contributed by atoms with Crippen LogP contribution in [0.2, 0.25) is 0 Å². The molecular weight excluding hydrogens is 1060 g/mol. The van der Waals surface area contributed by atoms with Gasteiger partial charge in [-0.15, -0.1) is 0 Å². The zero-order valence-corrected chi connectivity index (χ0v) is 41.4. The standard InChI is InChI=1S/C24H22BrFN6O3.C19H21FN4O.C5H2BrFN2O2/c1-30-13-17(6-16-9-28-31(12-16)11-15-2-3-15)23(29-30)21-5-4-20(26)7-18(21)14-35-22-8-19(25)10-27-24(22)32(33)34;1-23-11-15(6-14-8-21-24(10-14)9-13-2-3-13)19(22-23)18-5-4-17(20)7-16(18)12-25;6-3-1-4(7)5(8-2-3)9(10)11/h4-5,7-10,12-13,15H,2-3,6,11,14H2,1H3;4-5,7-8,10-11,13,25H,2-3,6,9,12H2,1H3;1-2H. The Labute approximate surface area is 420 Å². The minimum atomic E-state index is -0.940. The van der Waals surface area contributed by atoms with E-state index in [4.69, 9.17) is 4.74 Å². The van der Waals surface area contributed by atoms with Gasteiger partial charge in [-0.2, -0.15) is 24.8 Å². The van der Waals surface area contributed by atoms with Gasteiger partial charge in [0.1, 0.15) is 18.2 Å². The van der Waals surface area contributed by atoms with Gasteiger partial charge in [-0.25, -0.2) is 8.78 Å². The Balaban J connectivity index is 0.000000163. The number of ether oxygens (including phenoxy) is 1. The van der Waals surface area contributed by atoms with Crippen LogP contribution in [0.1, 0.15) is 59.1 Å². The van der Waals surface area contributed by atoms with Gasteiger partial charge in [0.15, 0.2) is 12.4 Å². The SMILES string of the molecule is Cn1cc(Cc2cnn(CC3CC3)c2)c(-c2ccc(F)cc2CO)n1.Cn1cc(Cc2cnn(CC3CC3)c2)c(-c2ccc(F)cc2COc2cc(Br)cnc2[N+](=O)[O-])n1.O=[N+]([O-])c1ncc(Br)cc1F. The highest BCUT2D eigenvalue weighted by atomic mass is 79.9. The van der Waals surface area contributed by atoms with Crippen molar-refractivity contribution in [3.8, 4) is 28.3 Å². The van der Waals surface area contributed by atoms with E-state index in [1.807, 2.05) is 48.2 Å². The highest BCUT2D eigenvalue weighted by Gasteiger charge is 2.25. The fourth-order valence-corrected chi connectivity index (χ4v) is 8.36. The Morgan fingerprint density at radius 1 is 0.662 bits per heavy atom. The maximum absolute atomic E-state index is 14.2. The van der Waals surface area contributed by atoms with Gasteiger partial charge in [0.25, 0.3) is 0 Å². The fraction of sp³-hybridized carbons (Fsp3) is 0.292. The van der Waals surface area contributed by atoms with E-state index in [-0.39, 0.29) is 24.8 Å². The first-order valence-electron chi connectivity index (χ1n) is 22.2. The second-order valence-corrected chi connectivity index (χ2v) is 19.1. The molecule has 2 fully saturated rings. The van der Waals surface area contributed by atoms with Crippen molar-refractivity contribution in [1.82, 2.24) is 49.1 Å². The molecule has 0 aliphatic heterocycles. The first kappa shape index (κ1) is 50.3. The van der Waals surface area contributed by atoms with E-state index >= 15 is 0 Å². The van der Waals surface area contributed by atoms with E-state index in [0.29, 0.717) is 44.2 Å².